The molecule has 6 heteroatoms. The maximum atomic E-state index is 12.8. The number of ketones is 1. The molecule has 1 aromatic rings. The Bertz CT molecular complexity index is 470. The van der Waals surface area contributed by atoms with Crippen LogP contribution in [0.15, 0.2) is 18.5 Å². The lowest BCUT2D eigenvalue weighted by Gasteiger charge is -2.23. The Kier molecular flexibility index (Phi) is 5.28. The molecule has 0 bridgehead atoms. The Labute approximate surface area is 116 Å². The minimum Gasteiger partial charge on any atom is -0.330 e. The van der Waals surface area contributed by atoms with E-state index in [9.17, 15) is 18.0 Å². The summed E-state index contributed by atoms with van der Waals surface area (Å²) in [5, 5.41) is 0. The van der Waals surface area contributed by atoms with Gasteiger partial charge in [0.25, 0.3) is 0 Å². The second kappa shape index (κ2) is 6.35. The molecular weight excluding hydrogens is 269 g/mol. The molecule has 1 heterocycles. The van der Waals surface area contributed by atoms with Crippen LogP contribution in [0.3, 0.4) is 0 Å². The molecule has 0 amide bonds. The van der Waals surface area contributed by atoms with Crippen molar-refractivity contribution in [2.75, 3.05) is 6.54 Å². The van der Waals surface area contributed by atoms with Gasteiger partial charge in [-0.3, -0.25) is 9.78 Å². The number of rotatable bonds is 6. The lowest BCUT2D eigenvalue weighted by atomic mass is 9.83. The summed E-state index contributed by atoms with van der Waals surface area (Å²) in [6.45, 7) is 4.38. The van der Waals surface area contributed by atoms with Gasteiger partial charge in [0.2, 0.25) is 0 Å². The second-order valence-electron chi connectivity index (χ2n) is 5.55. The van der Waals surface area contributed by atoms with E-state index in [1.165, 1.54) is 0 Å². The molecule has 0 aliphatic heterocycles. The molecule has 20 heavy (non-hydrogen) atoms. The third-order valence-electron chi connectivity index (χ3n) is 3.28. The summed E-state index contributed by atoms with van der Waals surface area (Å²) in [5.41, 5.74) is 4.03. The van der Waals surface area contributed by atoms with E-state index in [2.05, 4.69) is 4.98 Å². The molecule has 2 N–H and O–H groups in total. The molecule has 0 saturated heterocycles. The highest BCUT2D eigenvalue weighted by molar-refractivity contribution is 5.97. The van der Waals surface area contributed by atoms with Crippen molar-refractivity contribution in [1.29, 1.82) is 0 Å². The summed E-state index contributed by atoms with van der Waals surface area (Å²) >= 11 is 0. The predicted molar refractivity (Wildman–Crippen MR) is 70.3 cm³/mol. The minimum absolute atomic E-state index is 0.0573. The molecule has 0 aliphatic carbocycles. The number of pyridine rings is 1. The van der Waals surface area contributed by atoms with Crippen LogP contribution in [0, 0.1) is 5.41 Å². The quantitative estimate of drug-likeness (QED) is 0.816. The number of nitrogens with zero attached hydrogens (tertiary/aromatic N) is 1. The van der Waals surface area contributed by atoms with Crippen LogP contribution in [0.2, 0.25) is 0 Å². The van der Waals surface area contributed by atoms with Crippen molar-refractivity contribution >= 4 is 5.78 Å². The summed E-state index contributed by atoms with van der Waals surface area (Å²) < 4.78 is 38.4. The van der Waals surface area contributed by atoms with Crippen molar-refractivity contribution in [3.8, 4) is 0 Å². The Morgan fingerprint density at radius 2 is 1.95 bits per heavy atom. The topological polar surface area (TPSA) is 56.0 Å². The molecule has 0 unspecified atom stereocenters. The van der Waals surface area contributed by atoms with Gasteiger partial charge in [0.1, 0.15) is 0 Å². The van der Waals surface area contributed by atoms with Crippen LogP contribution < -0.4 is 5.73 Å². The maximum absolute atomic E-state index is 12.8. The lowest BCUT2D eigenvalue weighted by molar-refractivity contribution is -0.138. The number of Topliss-reactive ketones (excluding diaryl/α,β-unsaturated/α-hetero) is 1. The largest absolute Gasteiger partial charge is 0.417 e. The fraction of sp³-hybridized carbons (Fsp3) is 0.571. The maximum Gasteiger partial charge on any atom is 0.417 e. The minimum atomic E-state index is -4.54. The van der Waals surface area contributed by atoms with Crippen molar-refractivity contribution < 1.29 is 18.0 Å². The van der Waals surface area contributed by atoms with Gasteiger partial charge >= 0.3 is 6.18 Å². The molecule has 0 atom stereocenters. The number of alkyl halides is 3. The highest BCUT2D eigenvalue weighted by Gasteiger charge is 2.35. The average molecular weight is 288 g/mol. The molecular formula is C14H19F3N2O. The molecule has 0 fully saturated rings. The molecule has 3 nitrogen and oxygen atoms in total. The normalized spacial score (nSPS) is 12.5. The lowest BCUT2D eigenvalue weighted by Crippen LogP contribution is -2.19. The van der Waals surface area contributed by atoms with Crippen LogP contribution in [0.1, 0.15) is 49.0 Å². The fourth-order valence-electron chi connectivity index (χ4n) is 1.97. The third-order valence-corrected chi connectivity index (χ3v) is 3.28. The number of hydrogen-bond acceptors (Lipinski definition) is 3. The number of carbonyl (C=O) groups is 1. The first-order valence-corrected chi connectivity index (χ1v) is 6.42. The number of aromatic nitrogens is 1. The standard InChI is InChI=1S/C14H19F3N2O/c1-13(2,6-7-18)5-3-12(20)10-9-19-8-4-11(10)14(15,16)17/h4,8-9H,3,5-7,18H2,1-2H3. The van der Waals surface area contributed by atoms with Gasteiger partial charge < -0.3 is 5.73 Å². The van der Waals surface area contributed by atoms with Crippen LogP contribution in [0.4, 0.5) is 13.2 Å². The smallest absolute Gasteiger partial charge is 0.330 e. The first-order valence-electron chi connectivity index (χ1n) is 6.42. The van der Waals surface area contributed by atoms with Crippen LogP contribution in [0.5, 0.6) is 0 Å². The molecule has 0 saturated carbocycles. The number of hydrogen-bond donors (Lipinski definition) is 1. The molecule has 1 rings (SSSR count). The summed E-state index contributed by atoms with van der Waals surface area (Å²) in [4.78, 5) is 15.6. The van der Waals surface area contributed by atoms with Gasteiger partial charge in [0.15, 0.2) is 5.78 Å². The zero-order valence-corrected chi connectivity index (χ0v) is 11.6. The van der Waals surface area contributed by atoms with Gasteiger partial charge in [-0.2, -0.15) is 13.2 Å². The number of halogens is 3. The van der Waals surface area contributed by atoms with Crippen LogP contribution in [0.25, 0.3) is 0 Å². The molecule has 112 valence electrons. The second-order valence-corrected chi connectivity index (χ2v) is 5.55. The van der Waals surface area contributed by atoms with E-state index in [0.717, 1.165) is 24.9 Å². The number of nitrogens with two attached hydrogens (primary N) is 1. The van der Waals surface area contributed by atoms with Crippen molar-refractivity contribution in [3.63, 3.8) is 0 Å². The van der Waals surface area contributed by atoms with Gasteiger partial charge in [-0.25, -0.2) is 0 Å². The van der Waals surface area contributed by atoms with E-state index < -0.39 is 17.5 Å². The van der Waals surface area contributed by atoms with Crippen LogP contribution in [-0.4, -0.2) is 17.3 Å². The molecule has 0 aromatic carbocycles. The van der Waals surface area contributed by atoms with Gasteiger partial charge in [-0.15, -0.1) is 0 Å². The zero-order chi connectivity index (χ0) is 15.4. The molecule has 1 aromatic heterocycles. The van der Waals surface area contributed by atoms with Gasteiger partial charge in [0, 0.05) is 24.4 Å². The average Bonchev–Trinajstić information content (AvgIpc) is 2.35. The summed E-state index contributed by atoms with van der Waals surface area (Å²) in [6.07, 6.45) is -1.24. The van der Waals surface area contributed by atoms with Crippen molar-refractivity contribution in [1.82, 2.24) is 4.98 Å². The van der Waals surface area contributed by atoms with E-state index >= 15 is 0 Å². The molecule has 0 radical (unpaired) electrons. The van der Waals surface area contributed by atoms with Crippen LogP contribution >= 0.6 is 0 Å². The molecule has 0 spiro atoms. The Balaban J connectivity index is 2.84. The van der Waals surface area contributed by atoms with E-state index in [-0.39, 0.29) is 17.4 Å². The summed E-state index contributed by atoms with van der Waals surface area (Å²) in [5.74, 6) is -0.532. The molecule has 0 aliphatic rings. The van der Waals surface area contributed by atoms with E-state index in [1.807, 2.05) is 13.8 Å². The van der Waals surface area contributed by atoms with Crippen LogP contribution in [-0.2, 0) is 6.18 Å². The third kappa shape index (κ3) is 4.59. The summed E-state index contributed by atoms with van der Waals surface area (Å²) in [6, 6.07) is 0.832. The van der Waals surface area contributed by atoms with E-state index in [4.69, 9.17) is 5.73 Å². The van der Waals surface area contributed by atoms with Crippen molar-refractivity contribution in [2.24, 2.45) is 11.1 Å². The van der Waals surface area contributed by atoms with Crippen molar-refractivity contribution in [2.45, 2.75) is 39.3 Å². The Hall–Kier alpha value is -1.43. The zero-order valence-electron chi connectivity index (χ0n) is 11.6. The van der Waals surface area contributed by atoms with Gasteiger partial charge in [0.05, 0.1) is 5.56 Å². The van der Waals surface area contributed by atoms with Gasteiger partial charge in [-0.05, 0) is 30.9 Å². The first-order chi connectivity index (χ1) is 9.17. The van der Waals surface area contributed by atoms with Gasteiger partial charge in [-0.1, -0.05) is 13.8 Å². The monoisotopic (exact) mass is 288 g/mol. The van der Waals surface area contributed by atoms with E-state index in [0.29, 0.717) is 13.0 Å². The SMILES string of the molecule is CC(C)(CCN)CCC(=O)c1cnccc1C(F)(F)F. The first kappa shape index (κ1) is 16.6. The Morgan fingerprint density at radius 1 is 1.30 bits per heavy atom. The highest BCUT2D eigenvalue weighted by Crippen LogP contribution is 2.33. The fourth-order valence-corrected chi connectivity index (χ4v) is 1.97. The van der Waals surface area contributed by atoms with E-state index in [1.54, 1.807) is 0 Å². The predicted octanol–water partition coefficient (Wildman–Crippen LogP) is 3.44. The number of carbonyl (C=O) groups excluding carboxylic acids is 1. The van der Waals surface area contributed by atoms with Crippen molar-refractivity contribution in [3.05, 3.63) is 29.6 Å². The summed E-state index contributed by atoms with van der Waals surface area (Å²) in [7, 11) is 0. The Morgan fingerprint density at radius 3 is 2.50 bits per heavy atom. The highest BCUT2D eigenvalue weighted by atomic mass is 19.4.